The maximum absolute atomic E-state index is 11.0. The second-order valence-corrected chi connectivity index (χ2v) is 5.41. The van der Waals surface area contributed by atoms with Gasteiger partial charge in [-0.15, -0.1) is 0 Å². The summed E-state index contributed by atoms with van der Waals surface area (Å²) in [6.07, 6.45) is 4.56. The lowest BCUT2D eigenvalue weighted by molar-refractivity contribution is -0.151. The SMILES string of the molecule is CC1(C)CCC2(CC1)CNC(=O)CO2. The average molecular weight is 197 g/mol. The molecule has 0 unspecified atom stereocenters. The van der Waals surface area contributed by atoms with Gasteiger partial charge in [0.05, 0.1) is 5.60 Å². The topological polar surface area (TPSA) is 38.3 Å². The van der Waals surface area contributed by atoms with Crippen molar-refractivity contribution in [1.29, 1.82) is 0 Å². The zero-order chi connectivity index (χ0) is 10.2. The lowest BCUT2D eigenvalue weighted by Crippen LogP contribution is -2.54. The molecular formula is C11H19NO2. The number of hydrogen-bond acceptors (Lipinski definition) is 2. The van der Waals surface area contributed by atoms with Gasteiger partial charge < -0.3 is 10.1 Å². The Morgan fingerprint density at radius 1 is 1.21 bits per heavy atom. The van der Waals surface area contributed by atoms with Gasteiger partial charge in [-0.3, -0.25) is 4.79 Å². The van der Waals surface area contributed by atoms with E-state index < -0.39 is 0 Å². The Labute approximate surface area is 85.2 Å². The van der Waals surface area contributed by atoms with Crippen LogP contribution in [0.25, 0.3) is 0 Å². The van der Waals surface area contributed by atoms with Crippen LogP contribution in [-0.2, 0) is 9.53 Å². The van der Waals surface area contributed by atoms with Gasteiger partial charge in [0.25, 0.3) is 0 Å². The summed E-state index contributed by atoms with van der Waals surface area (Å²) in [5.41, 5.74) is 0.416. The molecule has 1 N–H and O–H groups in total. The highest BCUT2D eigenvalue weighted by Crippen LogP contribution is 2.42. The molecule has 0 aromatic carbocycles. The van der Waals surface area contributed by atoms with E-state index in [0.29, 0.717) is 12.0 Å². The number of morpholine rings is 1. The van der Waals surface area contributed by atoms with Crippen LogP contribution < -0.4 is 5.32 Å². The third-order valence-corrected chi connectivity index (χ3v) is 3.63. The molecule has 2 rings (SSSR count). The Morgan fingerprint density at radius 2 is 1.86 bits per heavy atom. The maximum atomic E-state index is 11.0. The predicted molar refractivity (Wildman–Crippen MR) is 53.9 cm³/mol. The normalized spacial score (nSPS) is 30.0. The number of ether oxygens (including phenoxy) is 1. The van der Waals surface area contributed by atoms with E-state index in [4.69, 9.17) is 4.74 Å². The first kappa shape index (κ1) is 9.97. The summed E-state index contributed by atoms with van der Waals surface area (Å²) < 4.78 is 5.70. The first-order valence-corrected chi connectivity index (χ1v) is 5.42. The molecule has 1 aliphatic heterocycles. The van der Waals surface area contributed by atoms with Gasteiger partial charge in [0, 0.05) is 6.54 Å². The maximum Gasteiger partial charge on any atom is 0.246 e. The number of amides is 1. The molecule has 2 fully saturated rings. The number of nitrogens with one attached hydrogen (secondary N) is 1. The molecule has 1 saturated carbocycles. The number of carbonyl (C=O) groups is 1. The van der Waals surface area contributed by atoms with Crippen molar-refractivity contribution in [3.05, 3.63) is 0 Å². The van der Waals surface area contributed by atoms with Gasteiger partial charge >= 0.3 is 0 Å². The van der Waals surface area contributed by atoms with Gasteiger partial charge in [-0.2, -0.15) is 0 Å². The molecule has 80 valence electrons. The van der Waals surface area contributed by atoms with Gasteiger partial charge in [-0.05, 0) is 31.1 Å². The van der Waals surface area contributed by atoms with Crippen molar-refractivity contribution in [1.82, 2.24) is 5.32 Å². The molecule has 1 amide bonds. The molecule has 1 heterocycles. The molecule has 0 bridgehead atoms. The van der Waals surface area contributed by atoms with E-state index in [1.807, 2.05) is 0 Å². The van der Waals surface area contributed by atoms with Crippen LogP contribution in [-0.4, -0.2) is 24.7 Å². The molecule has 3 heteroatoms. The third kappa shape index (κ3) is 1.92. The molecule has 0 radical (unpaired) electrons. The van der Waals surface area contributed by atoms with Gasteiger partial charge in [0.1, 0.15) is 6.61 Å². The highest BCUT2D eigenvalue weighted by molar-refractivity contribution is 5.78. The van der Waals surface area contributed by atoms with Crippen LogP contribution in [0.1, 0.15) is 39.5 Å². The average Bonchev–Trinajstić information content (AvgIpc) is 2.16. The van der Waals surface area contributed by atoms with Crippen LogP contribution in [0.3, 0.4) is 0 Å². The van der Waals surface area contributed by atoms with Gasteiger partial charge in [0.2, 0.25) is 5.91 Å². The van der Waals surface area contributed by atoms with Crippen molar-refractivity contribution < 1.29 is 9.53 Å². The zero-order valence-corrected chi connectivity index (χ0v) is 9.06. The summed E-state index contributed by atoms with van der Waals surface area (Å²) >= 11 is 0. The Balaban J connectivity index is 1.96. The molecule has 2 aliphatic rings. The molecule has 1 saturated heterocycles. The standard InChI is InChI=1S/C11H19NO2/c1-10(2)3-5-11(6-4-10)8-12-9(13)7-14-11/h3-8H2,1-2H3,(H,12,13). The quantitative estimate of drug-likeness (QED) is 0.638. The molecule has 1 spiro atoms. The van der Waals surface area contributed by atoms with Crippen LogP contribution in [0, 0.1) is 5.41 Å². The van der Waals surface area contributed by atoms with Crippen LogP contribution in [0.4, 0.5) is 0 Å². The van der Waals surface area contributed by atoms with E-state index >= 15 is 0 Å². The van der Waals surface area contributed by atoms with E-state index in [1.165, 1.54) is 12.8 Å². The Kier molecular flexibility index (Phi) is 2.30. The second-order valence-electron chi connectivity index (χ2n) is 5.41. The van der Waals surface area contributed by atoms with E-state index in [0.717, 1.165) is 12.8 Å². The van der Waals surface area contributed by atoms with Crippen molar-refractivity contribution in [3.63, 3.8) is 0 Å². The fourth-order valence-corrected chi connectivity index (χ4v) is 2.28. The van der Waals surface area contributed by atoms with Crippen molar-refractivity contribution in [2.45, 2.75) is 45.1 Å². The number of carbonyl (C=O) groups excluding carboxylic acids is 1. The Morgan fingerprint density at radius 3 is 2.36 bits per heavy atom. The molecule has 14 heavy (non-hydrogen) atoms. The summed E-state index contributed by atoms with van der Waals surface area (Å²) in [4.78, 5) is 11.0. The van der Waals surface area contributed by atoms with Gasteiger partial charge in [-0.1, -0.05) is 13.8 Å². The van der Waals surface area contributed by atoms with Crippen molar-refractivity contribution in [3.8, 4) is 0 Å². The summed E-state index contributed by atoms with van der Waals surface area (Å²) in [7, 11) is 0. The summed E-state index contributed by atoms with van der Waals surface area (Å²) in [6, 6.07) is 0. The monoisotopic (exact) mass is 197 g/mol. The van der Waals surface area contributed by atoms with E-state index in [-0.39, 0.29) is 18.1 Å². The highest BCUT2D eigenvalue weighted by atomic mass is 16.5. The fraction of sp³-hybridized carbons (Fsp3) is 0.909. The van der Waals surface area contributed by atoms with Crippen molar-refractivity contribution >= 4 is 5.91 Å². The summed E-state index contributed by atoms with van der Waals surface area (Å²) in [5, 5.41) is 2.91. The molecule has 1 aliphatic carbocycles. The van der Waals surface area contributed by atoms with Crippen LogP contribution >= 0.6 is 0 Å². The summed E-state index contributed by atoms with van der Waals surface area (Å²) in [6.45, 7) is 5.57. The van der Waals surface area contributed by atoms with Crippen LogP contribution in [0.5, 0.6) is 0 Å². The lowest BCUT2D eigenvalue weighted by atomic mass is 9.70. The fourth-order valence-electron chi connectivity index (χ4n) is 2.28. The zero-order valence-electron chi connectivity index (χ0n) is 9.06. The lowest BCUT2D eigenvalue weighted by Gasteiger charge is -2.45. The second kappa shape index (κ2) is 3.23. The highest BCUT2D eigenvalue weighted by Gasteiger charge is 2.41. The minimum absolute atomic E-state index is 0.0282. The minimum atomic E-state index is -0.0383. The van der Waals surface area contributed by atoms with Crippen LogP contribution in [0.2, 0.25) is 0 Å². The predicted octanol–water partition coefficient (Wildman–Crippen LogP) is 1.47. The molecule has 0 aromatic heterocycles. The number of rotatable bonds is 0. The first-order valence-electron chi connectivity index (χ1n) is 5.42. The van der Waals surface area contributed by atoms with Gasteiger partial charge in [0.15, 0.2) is 0 Å². The molecule has 0 atom stereocenters. The summed E-state index contributed by atoms with van der Waals surface area (Å²) in [5.74, 6) is 0.0282. The Bertz CT molecular complexity index is 226. The third-order valence-electron chi connectivity index (χ3n) is 3.63. The van der Waals surface area contributed by atoms with Crippen LogP contribution in [0.15, 0.2) is 0 Å². The van der Waals surface area contributed by atoms with E-state index in [1.54, 1.807) is 0 Å². The molecular weight excluding hydrogens is 178 g/mol. The molecule has 3 nitrogen and oxygen atoms in total. The smallest absolute Gasteiger partial charge is 0.246 e. The van der Waals surface area contributed by atoms with E-state index in [9.17, 15) is 4.79 Å². The number of hydrogen-bond donors (Lipinski definition) is 1. The Hall–Kier alpha value is -0.570. The first-order chi connectivity index (χ1) is 6.52. The largest absolute Gasteiger partial charge is 0.363 e. The minimum Gasteiger partial charge on any atom is -0.363 e. The van der Waals surface area contributed by atoms with Crippen molar-refractivity contribution in [2.75, 3.05) is 13.2 Å². The van der Waals surface area contributed by atoms with Gasteiger partial charge in [-0.25, -0.2) is 0 Å². The van der Waals surface area contributed by atoms with Crippen molar-refractivity contribution in [2.24, 2.45) is 5.41 Å². The molecule has 0 aromatic rings. The van der Waals surface area contributed by atoms with E-state index in [2.05, 4.69) is 19.2 Å².